The monoisotopic (exact) mass is 247 g/mol. The fourth-order valence-electron chi connectivity index (χ4n) is 1.95. The second kappa shape index (κ2) is 5.69. The number of hydrogen-bond donors (Lipinski definition) is 0. The number of hydrogen-bond acceptors (Lipinski definition) is 3. The van der Waals surface area contributed by atoms with Crippen molar-refractivity contribution in [2.75, 3.05) is 33.4 Å². The molecular weight excluding hydrogens is 230 g/mol. The lowest BCUT2D eigenvalue weighted by molar-refractivity contribution is 0.0301. The van der Waals surface area contributed by atoms with Crippen LogP contribution < -0.4 is 4.74 Å². The van der Waals surface area contributed by atoms with Gasteiger partial charge in [-0.15, -0.1) is 0 Å². The first-order chi connectivity index (χ1) is 8.76. The van der Waals surface area contributed by atoms with E-state index in [1.165, 1.54) is 0 Å². The summed E-state index contributed by atoms with van der Waals surface area (Å²) in [6, 6.07) is 5.47. The second-order valence-corrected chi connectivity index (χ2v) is 4.07. The van der Waals surface area contributed by atoms with E-state index in [-0.39, 0.29) is 5.91 Å². The highest BCUT2D eigenvalue weighted by molar-refractivity contribution is 5.97. The molecule has 1 amide bonds. The third-order valence-corrected chi connectivity index (χ3v) is 2.99. The lowest BCUT2D eigenvalue weighted by Crippen LogP contribution is -2.40. The minimum absolute atomic E-state index is 0.00855. The van der Waals surface area contributed by atoms with Crippen molar-refractivity contribution in [1.82, 2.24) is 4.90 Å². The van der Waals surface area contributed by atoms with Crippen LogP contribution in [0.5, 0.6) is 5.75 Å². The number of carbonyl (C=O) groups excluding carboxylic acids is 1. The van der Waals surface area contributed by atoms with Gasteiger partial charge in [-0.3, -0.25) is 4.79 Å². The molecule has 96 valence electrons. The molecule has 1 aliphatic rings. The number of methoxy groups -OCH3 is 1. The molecule has 1 aromatic rings. The van der Waals surface area contributed by atoms with E-state index in [4.69, 9.17) is 9.47 Å². The summed E-state index contributed by atoms with van der Waals surface area (Å²) < 4.78 is 10.5. The molecule has 1 aliphatic heterocycles. The van der Waals surface area contributed by atoms with Crippen LogP contribution in [0.3, 0.4) is 0 Å². The summed E-state index contributed by atoms with van der Waals surface area (Å²) in [4.78, 5) is 14.1. The van der Waals surface area contributed by atoms with Crippen LogP contribution in [0.25, 0.3) is 6.08 Å². The topological polar surface area (TPSA) is 38.8 Å². The van der Waals surface area contributed by atoms with E-state index < -0.39 is 0 Å². The van der Waals surface area contributed by atoms with Crippen molar-refractivity contribution in [1.29, 1.82) is 0 Å². The normalized spacial score (nSPS) is 15.3. The Labute approximate surface area is 107 Å². The third kappa shape index (κ3) is 2.54. The van der Waals surface area contributed by atoms with Crippen LogP contribution in [-0.4, -0.2) is 44.2 Å². The first kappa shape index (κ1) is 12.6. The van der Waals surface area contributed by atoms with Gasteiger partial charge in [-0.1, -0.05) is 18.7 Å². The zero-order valence-electron chi connectivity index (χ0n) is 10.5. The Kier molecular flexibility index (Phi) is 3.99. The van der Waals surface area contributed by atoms with Gasteiger partial charge in [0, 0.05) is 13.1 Å². The first-order valence-electron chi connectivity index (χ1n) is 5.93. The van der Waals surface area contributed by atoms with Crippen LogP contribution in [0.15, 0.2) is 24.8 Å². The largest absolute Gasteiger partial charge is 0.496 e. The van der Waals surface area contributed by atoms with Crippen LogP contribution >= 0.6 is 0 Å². The molecule has 4 nitrogen and oxygen atoms in total. The van der Waals surface area contributed by atoms with Crippen molar-refractivity contribution in [2.45, 2.75) is 0 Å². The van der Waals surface area contributed by atoms with Crippen molar-refractivity contribution < 1.29 is 14.3 Å². The Morgan fingerprint density at radius 3 is 2.78 bits per heavy atom. The average molecular weight is 247 g/mol. The van der Waals surface area contributed by atoms with Crippen molar-refractivity contribution >= 4 is 12.0 Å². The quantitative estimate of drug-likeness (QED) is 0.817. The highest BCUT2D eigenvalue weighted by Gasteiger charge is 2.21. The first-order valence-corrected chi connectivity index (χ1v) is 5.93. The molecule has 0 aromatic heterocycles. The molecule has 0 aliphatic carbocycles. The Balaban J connectivity index is 2.25. The van der Waals surface area contributed by atoms with E-state index in [9.17, 15) is 4.79 Å². The Morgan fingerprint density at radius 1 is 1.44 bits per heavy atom. The van der Waals surface area contributed by atoms with E-state index in [1.807, 2.05) is 12.1 Å². The molecule has 4 heteroatoms. The summed E-state index contributed by atoms with van der Waals surface area (Å²) >= 11 is 0. The zero-order chi connectivity index (χ0) is 13.0. The van der Waals surface area contributed by atoms with E-state index in [2.05, 4.69) is 6.58 Å². The molecule has 1 heterocycles. The molecule has 0 bridgehead atoms. The number of benzene rings is 1. The molecule has 0 radical (unpaired) electrons. The summed E-state index contributed by atoms with van der Waals surface area (Å²) in [6.07, 6.45) is 1.73. The molecule has 0 unspecified atom stereocenters. The van der Waals surface area contributed by atoms with E-state index in [1.54, 1.807) is 24.2 Å². The Bertz CT molecular complexity index is 450. The SMILES string of the molecule is C=Cc1ccc(C(=O)N2CCOCC2)c(OC)c1. The maximum absolute atomic E-state index is 12.3. The van der Waals surface area contributed by atoms with Gasteiger partial charge in [-0.05, 0) is 17.7 Å². The molecule has 18 heavy (non-hydrogen) atoms. The number of morpholine rings is 1. The number of amides is 1. The number of rotatable bonds is 3. The van der Waals surface area contributed by atoms with E-state index >= 15 is 0 Å². The van der Waals surface area contributed by atoms with Gasteiger partial charge in [-0.2, -0.15) is 0 Å². The summed E-state index contributed by atoms with van der Waals surface area (Å²) in [5.74, 6) is 0.578. The van der Waals surface area contributed by atoms with E-state index in [0.717, 1.165) is 5.56 Å². The highest BCUT2D eigenvalue weighted by Crippen LogP contribution is 2.22. The van der Waals surface area contributed by atoms with Crippen molar-refractivity contribution in [3.05, 3.63) is 35.9 Å². The predicted molar refractivity (Wildman–Crippen MR) is 69.8 cm³/mol. The molecule has 1 aromatic carbocycles. The molecule has 0 N–H and O–H groups in total. The minimum Gasteiger partial charge on any atom is -0.496 e. The minimum atomic E-state index is -0.00855. The predicted octanol–water partition coefficient (Wildman–Crippen LogP) is 1.81. The smallest absolute Gasteiger partial charge is 0.257 e. The number of carbonyl (C=O) groups is 1. The average Bonchev–Trinajstić information content (AvgIpc) is 2.46. The van der Waals surface area contributed by atoms with Crippen LogP contribution in [0.4, 0.5) is 0 Å². The molecule has 0 atom stereocenters. The summed E-state index contributed by atoms with van der Waals surface area (Å²) in [5, 5.41) is 0. The Hall–Kier alpha value is -1.81. The van der Waals surface area contributed by atoms with Gasteiger partial charge in [0.05, 0.1) is 25.9 Å². The maximum Gasteiger partial charge on any atom is 0.257 e. The van der Waals surface area contributed by atoms with Crippen LogP contribution in [0.1, 0.15) is 15.9 Å². The lowest BCUT2D eigenvalue weighted by Gasteiger charge is -2.27. The maximum atomic E-state index is 12.3. The van der Waals surface area contributed by atoms with Crippen molar-refractivity contribution in [2.24, 2.45) is 0 Å². The van der Waals surface area contributed by atoms with Gasteiger partial charge in [0.1, 0.15) is 5.75 Å². The van der Waals surface area contributed by atoms with Crippen molar-refractivity contribution in [3.8, 4) is 5.75 Å². The molecule has 1 fully saturated rings. The fourth-order valence-corrected chi connectivity index (χ4v) is 1.95. The van der Waals surface area contributed by atoms with Gasteiger partial charge in [-0.25, -0.2) is 0 Å². The molecule has 0 spiro atoms. The second-order valence-electron chi connectivity index (χ2n) is 4.07. The van der Waals surface area contributed by atoms with Crippen molar-refractivity contribution in [3.63, 3.8) is 0 Å². The van der Waals surface area contributed by atoms with Gasteiger partial charge >= 0.3 is 0 Å². The summed E-state index contributed by atoms with van der Waals surface area (Å²) in [7, 11) is 1.57. The highest BCUT2D eigenvalue weighted by atomic mass is 16.5. The van der Waals surface area contributed by atoms with E-state index in [0.29, 0.717) is 37.6 Å². The fraction of sp³-hybridized carbons (Fsp3) is 0.357. The molecule has 2 rings (SSSR count). The van der Waals surface area contributed by atoms with Crippen LogP contribution in [0.2, 0.25) is 0 Å². The summed E-state index contributed by atoms with van der Waals surface area (Å²) in [6.45, 7) is 6.16. The summed E-state index contributed by atoms with van der Waals surface area (Å²) in [5.41, 5.74) is 1.52. The van der Waals surface area contributed by atoms with Gasteiger partial charge in [0.25, 0.3) is 5.91 Å². The Morgan fingerprint density at radius 2 is 2.17 bits per heavy atom. The van der Waals surface area contributed by atoms with Gasteiger partial charge in [0.2, 0.25) is 0 Å². The standard InChI is InChI=1S/C14H17NO3/c1-3-11-4-5-12(13(10-11)17-2)14(16)15-6-8-18-9-7-15/h3-5,10H,1,6-9H2,2H3. The van der Waals surface area contributed by atoms with Crippen LogP contribution in [-0.2, 0) is 4.74 Å². The number of ether oxygens (including phenoxy) is 2. The number of nitrogens with zero attached hydrogens (tertiary/aromatic N) is 1. The van der Waals surface area contributed by atoms with Gasteiger partial charge in [0.15, 0.2) is 0 Å². The van der Waals surface area contributed by atoms with Crippen LogP contribution in [0, 0.1) is 0 Å². The molecular formula is C14H17NO3. The molecule has 0 saturated carbocycles. The molecule has 1 saturated heterocycles. The lowest BCUT2D eigenvalue weighted by atomic mass is 10.1. The zero-order valence-corrected chi connectivity index (χ0v) is 10.5. The third-order valence-electron chi connectivity index (χ3n) is 2.99. The van der Waals surface area contributed by atoms with Gasteiger partial charge < -0.3 is 14.4 Å².